The van der Waals surface area contributed by atoms with E-state index in [1.165, 1.54) is 18.6 Å². The number of hydrogen-bond acceptors (Lipinski definition) is 10. The van der Waals surface area contributed by atoms with Gasteiger partial charge in [0, 0.05) is 18.7 Å². The summed E-state index contributed by atoms with van der Waals surface area (Å²) in [6, 6.07) is 3.07. The van der Waals surface area contributed by atoms with Gasteiger partial charge in [-0.1, -0.05) is 0 Å². The van der Waals surface area contributed by atoms with Crippen LogP contribution in [0.5, 0.6) is 5.88 Å². The van der Waals surface area contributed by atoms with Crippen molar-refractivity contribution < 1.29 is 19.4 Å². The Morgan fingerprint density at radius 3 is 2.72 bits per heavy atom. The first kappa shape index (κ1) is 21.1. The molecular formula is C20H20N8O4. The molecule has 1 aliphatic rings. The standard InChI is InChI=1S/C20H20N8O4/c29-7-6-24-18(30)16-14(2-1-5-23-16)28-20(31)32-19-17(26-13-8-21-11-22-9-13)25-10-15(27-19)12-3-4-12/h1-2,5,8-12,29H,3-4,6-7H2,(H,24,30)(H,25,26)(H,28,31). The SMILES string of the molecule is O=C(Nc1cccnc1C(=O)NCCO)Oc1nc(C2CC2)cnc1Nc1cncnc1. The van der Waals surface area contributed by atoms with Gasteiger partial charge in [-0.2, -0.15) is 0 Å². The lowest BCUT2D eigenvalue weighted by Crippen LogP contribution is -2.29. The molecule has 12 nitrogen and oxygen atoms in total. The highest BCUT2D eigenvalue weighted by Gasteiger charge is 2.27. The van der Waals surface area contributed by atoms with E-state index in [0.29, 0.717) is 11.6 Å². The maximum atomic E-state index is 12.6. The minimum atomic E-state index is -0.871. The van der Waals surface area contributed by atoms with E-state index in [4.69, 9.17) is 9.84 Å². The number of nitrogens with zero attached hydrogens (tertiary/aromatic N) is 5. The van der Waals surface area contributed by atoms with Crippen molar-refractivity contribution in [3.63, 3.8) is 0 Å². The second-order valence-corrected chi connectivity index (χ2v) is 6.87. The van der Waals surface area contributed by atoms with Crippen LogP contribution >= 0.6 is 0 Å². The molecule has 2 amide bonds. The molecule has 0 spiro atoms. The number of aliphatic hydroxyl groups is 1. The van der Waals surface area contributed by atoms with Gasteiger partial charge in [0.15, 0.2) is 11.5 Å². The van der Waals surface area contributed by atoms with E-state index < -0.39 is 12.0 Å². The van der Waals surface area contributed by atoms with Gasteiger partial charge in [0.1, 0.15) is 6.33 Å². The summed E-state index contributed by atoms with van der Waals surface area (Å²) in [5, 5.41) is 16.9. The van der Waals surface area contributed by atoms with Crippen LogP contribution in [0.25, 0.3) is 0 Å². The van der Waals surface area contributed by atoms with Gasteiger partial charge in [0.25, 0.3) is 11.8 Å². The molecule has 1 fully saturated rings. The minimum absolute atomic E-state index is 0.0181. The van der Waals surface area contributed by atoms with Crippen molar-refractivity contribution in [1.29, 1.82) is 0 Å². The lowest BCUT2D eigenvalue weighted by molar-refractivity contribution is 0.0940. The molecule has 32 heavy (non-hydrogen) atoms. The van der Waals surface area contributed by atoms with E-state index in [-0.39, 0.29) is 36.2 Å². The van der Waals surface area contributed by atoms with Gasteiger partial charge in [0.2, 0.25) is 0 Å². The highest BCUT2D eigenvalue weighted by atomic mass is 16.6. The Hall–Kier alpha value is -4.19. The number of amides is 2. The molecule has 0 bridgehead atoms. The van der Waals surface area contributed by atoms with E-state index in [9.17, 15) is 9.59 Å². The van der Waals surface area contributed by atoms with E-state index in [1.54, 1.807) is 24.7 Å². The average molecular weight is 436 g/mol. The monoisotopic (exact) mass is 436 g/mol. The molecule has 12 heteroatoms. The zero-order chi connectivity index (χ0) is 22.3. The molecule has 0 saturated heterocycles. The Bertz CT molecular complexity index is 1110. The molecule has 164 valence electrons. The Morgan fingerprint density at radius 2 is 1.97 bits per heavy atom. The van der Waals surface area contributed by atoms with Crippen LogP contribution in [0, 0.1) is 0 Å². The first-order valence-corrected chi connectivity index (χ1v) is 9.86. The van der Waals surface area contributed by atoms with Crippen LogP contribution in [0.1, 0.15) is 34.9 Å². The predicted molar refractivity (Wildman–Crippen MR) is 113 cm³/mol. The molecule has 0 radical (unpaired) electrons. The van der Waals surface area contributed by atoms with E-state index in [2.05, 4.69) is 40.9 Å². The molecule has 3 aromatic rings. The predicted octanol–water partition coefficient (Wildman–Crippen LogP) is 1.62. The van der Waals surface area contributed by atoms with Gasteiger partial charge in [-0.05, 0) is 25.0 Å². The van der Waals surface area contributed by atoms with E-state index in [1.807, 2.05) is 0 Å². The van der Waals surface area contributed by atoms with Gasteiger partial charge in [0.05, 0.1) is 42.3 Å². The lowest BCUT2D eigenvalue weighted by Gasteiger charge is -2.13. The summed E-state index contributed by atoms with van der Waals surface area (Å²) in [6.45, 7) is -0.164. The Labute approximate surface area is 182 Å². The summed E-state index contributed by atoms with van der Waals surface area (Å²) in [5.74, 6) is -0.0588. The second-order valence-electron chi connectivity index (χ2n) is 6.87. The van der Waals surface area contributed by atoms with Gasteiger partial charge in [-0.15, -0.1) is 0 Å². The number of rotatable bonds is 8. The van der Waals surface area contributed by atoms with Crippen molar-refractivity contribution in [2.75, 3.05) is 23.8 Å². The second kappa shape index (κ2) is 9.75. The average Bonchev–Trinajstić information content (AvgIpc) is 3.65. The van der Waals surface area contributed by atoms with Gasteiger partial charge in [-0.25, -0.2) is 29.7 Å². The van der Waals surface area contributed by atoms with Crippen LogP contribution in [0.2, 0.25) is 0 Å². The maximum Gasteiger partial charge on any atom is 0.418 e. The first-order chi connectivity index (χ1) is 15.6. The quantitative estimate of drug-likeness (QED) is 0.408. The van der Waals surface area contributed by atoms with Crippen LogP contribution in [0.3, 0.4) is 0 Å². The topological polar surface area (TPSA) is 164 Å². The van der Waals surface area contributed by atoms with Crippen molar-refractivity contribution in [1.82, 2.24) is 30.2 Å². The fraction of sp³-hybridized carbons (Fsp3) is 0.250. The fourth-order valence-corrected chi connectivity index (χ4v) is 2.78. The number of aromatic nitrogens is 5. The highest BCUT2D eigenvalue weighted by Crippen LogP contribution is 2.40. The number of ether oxygens (including phenoxy) is 1. The zero-order valence-electron chi connectivity index (χ0n) is 16.9. The smallest absolute Gasteiger partial charge is 0.395 e. The van der Waals surface area contributed by atoms with Crippen molar-refractivity contribution in [2.45, 2.75) is 18.8 Å². The van der Waals surface area contributed by atoms with Crippen molar-refractivity contribution in [2.24, 2.45) is 0 Å². The first-order valence-electron chi connectivity index (χ1n) is 9.86. The molecule has 0 unspecified atom stereocenters. The molecular weight excluding hydrogens is 416 g/mol. The molecule has 4 N–H and O–H groups in total. The molecule has 0 aliphatic heterocycles. The fourth-order valence-electron chi connectivity index (χ4n) is 2.78. The summed E-state index contributed by atoms with van der Waals surface area (Å²) in [6.07, 6.45) is 8.66. The lowest BCUT2D eigenvalue weighted by atomic mass is 10.3. The number of hydrogen-bond donors (Lipinski definition) is 4. The molecule has 4 rings (SSSR count). The molecule has 0 atom stereocenters. The van der Waals surface area contributed by atoms with E-state index >= 15 is 0 Å². The van der Waals surface area contributed by atoms with Crippen LogP contribution in [-0.2, 0) is 0 Å². The summed E-state index contributed by atoms with van der Waals surface area (Å²) >= 11 is 0. The number of aliphatic hydroxyl groups excluding tert-OH is 1. The molecule has 3 heterocycles. The number of carbonyl (C=O) groups is 2. The van der Waals surface area contributed by atoms with Crippen molar-refractivity contribution >= 4 is 29.2 Å². The summed E-state index contributed by atoms with van der Waals surface area (Å²) in [4.78, 5) is 45.5. The normalized spacial score (nSPS) is 12.7. The Kier molecular flexibility index (Phi) is 6.41. The van der Waals surface area contributed by atoms with Gasteiger partial charge < -0.3 is 20.5 Å². The third-order valence-electron chi connectivity index (χ3n) is 4.42. The van der Waals surface area contributed by atoms with Crippen molar-refractivity contribution in [3.05, 3.63) is 54.6 Å². The Balaban J connectivity index is 1.53. The number of anilines is 3. The molecule has 1 aliphatic carbocycles. The van der Waals surface area contributed by atoms with Crippen molar-refractivity contribution in [3.8, 4) is 5.88 Å². The number of carbonyl (C=O) groups excluding carboxylic acids is 2. The largest absolute Gasteiger partial charge is 0.418 e. The van der Waals surface area contributed by atoms with E-state index in [0.717, 1.165) is 18.5 Å². The molecule has 1 saturated carbocycles. The maximum absolute atomic E-state index is 12.6. The van der Waals surface area contributed by atoms with Crippen LogP contribution < -0.4 is 20.7 Å². The third-order valence-corrected chi connectivity index (χ3v) is 4.42. The minimum Gasteiger partial charge on any atom is -0.395 e. The molecule has 0 aromatic carbocycles. The highest BCUT2D eigenvalue weighted by molar-refractivity contribution is 6.01. The third kappa shape index (κ3) is 5.29. The summed E-state index contributed by atoms with van der Waals surface area (Å²) in [7, 11) is 0. The van der Waals surface area contributed by atoms with Gasteiger partial charge in [-0.3, -0.25) is 10.1 Å². The van der Waals surface area contributed by atoms with Crippen LogP contribution in [0.15, 0.2) is 43.2 Å². The number of pyridine rings is 1. The summed E-state index contributed by atoms with van der Waals surface area (Å²) in [5.41, 5.74) is 1.40. The van der Waals surface area contributed by atoms with Crippen LogP contribution in [-0.4, -0.2) is 55.2 Å². The Morgan fingerprint density at radius 1 is 1.16 bits per heavy atom. The summed E-state index contributed by atoms with van der Waals surface area (Å²) < 4.78 is 5.43. The molecule has 3 aromatic heterocycles. The van der Waals surface area contributed by atoms with Gasteiger partial charge >= 0.3 is 6.09 Å². The zero-order valence-corrected chi connectivity index (χ0v) is 16.9. The number of nitrogens with one attached hydrogen (secondary N) is 3. The van der Waals surface area contributed by atoms with Crippen LogP contribution in [0.4, 0.5) is 22.0 Å².